The van der Waals surface area contributed by atoms with Crippen LogP contribution in [0.5, 0.6) is 0 Å². The highest BCUT2D eigenvalue weighted by Gasteiger charge is 2.37. The lowest BCUT2D eigenvalue weighted by molar-refractivity contribution is -0.138. The standard InChI is InChI=1S/C26H19F4N3O4/c1-3-13-5-4-6-18(26(28,29)30)21(13)24(35)33-20-12-14(23(31)34)7-10-17(20)22(32-33)16-9-8-15(11-19(16)27)25(36)37-2/h4-12H,3H2,1-2H3,(H2,31,34). The minimum Gasteiger partial charge on any atom is -0.465 e. The van der Waals surface area contributed by atoms with E-state index in [0.29, 0.717) is 4.68 Å². The van der Waals surface area contributed by atoms with Gasteiger partial charge < -0.3 is 10.5 Å². The lowest BCUT2D eigenvalue weighted by atomic mass is 9.98. The van der Waals surface area contributed by atoms with Gasteiger partial charge in [0, 0.05) is 16.5 Å². The number of esters is 1. The number of alkyl halides is 3. The third-order valence-corrected chi connectivity index (χ3v) is 5.85. The Labute approximate surface area is 207 Å². The third kappa shape index (κ3) is 4.55. The molecule has 4 aromatic rings. The lowest BCUT2D eigenvalue weighted by Gasteiger charge is -2.15. The summed E-state index contributed by atoms with van der Waals surface area (Å²) in [5.41, 5.74) is 3.35. The van der Waals surface area contributed by atoms with Crippen LogP contribution in [0.3, 0.4) is 0 Å². The van der Waals surface area contributed by atoms with Crippen molar-refractivity contribution in [2.24, 2.45) is 5.73 Å². The number of nitrogens with two attached hydrogens (primary N) is 1. The number of halogens is 4. The molecule has 0 unspecified atom stereocenters. The highest BCUT2D eigenvalue weighted by molar-refractivity contribution is 6.08. The zero-order chi connectivity index (χ0) is 27.1. The number of nitrogens with zero attached hydrogens (tertiary/aromatic N) is 2. The van der Waals surface area contributed by atoms with Gasteiger partial charge in [0.2, 0.25) is 5.91 Å². The number of hydrogen-bond donors (Lipinski definition) is 1. The molecule has 1 heterocycles. The van der Waals surface area contributed by atoms with E-state index in [9.17, 15) is 27.6 Å². The average molecular weight is 513 g/mol. The fourth-order valence-electron chi connectivity index (χ4n) is 4.06. The molecule has 1 aromatic heterocycles. The molecule has 0 atom stereocenters. The molecule has 0 radical (unpaired) electrons. The van der Waals surface area contributed by atoms with Crippen LogP contribution in [0.2, 0.25) is 0 Å². The van der Waals surface area contributed by atoms with Crippen LogP contribution in [-0.4, -0.2) is 34.7 Å². The molecule has 0 aliphatic rings. The number of aromatic nitrogens is 2. The van der Waals surface area contributed by atoms with Crippen LogP contribution in [0.1, 0.15) is 49.1 Å². The van der Waals surface area contributed by atoms with Crippen LogP contribution in [0.4, 0.5) is 17.6 Å². The number of benzene rings is 3. The number of methoxy groups -OCH3 is 1. The Morgan fingerprint density at radius 3 is 2.32 bits per heavy atom. The summed E-state index contributed by atoms with van der Waals surface area (Å²) in [6.45, 7) is 1.60. The van der Waals surface area contributed by atoms with Crippen LogP contribution in [-0.2, 0) is 17.3 Å². The Balaban J connectivity index is 2.01. The topological polar surface area (TPSA) is 104 Å². The van der Waals surface area contributed by atoms with Gasteiger partial charge in [-0.25, -0.2) is 9.18 Å². The van der Waals surface area contributed by atoms with E-state index in [4.69, 9.17) is 5.73 Å². The van der Waals surface area contributed by atoms with Crippen molar-refractivity contribution in [1.29, 1.82) is 0 Å². The molecule has 0 fully saturated rings. The predicted octanol–water partition coefficient (Wildman–Crippen LogP) is 5.00. The van der Waals surface area contributed by atoms with Gasteiger partial charge in [-0.05, 0) is 54.4 Å². The van der Waals surface area contributed by atoms with Crippen molar-refractivity contribution in [1.82, 2.24) is 9.78 Å². The number of amides is 1. The molecule has 0 aliphatic carbocycles. The Hall–Kier alpha value is -4.54. The summed E-state index contributed by atoms with van der Waals surface area (Å²) in [5, 5.41) is 4.35. The van der Waals surface area contributed by atoms with Gasteiger partial charge in [0.25, 0.3) is 5.91 Å². The largest absolute Gasteiger partial charge is 0.465 e. The van der Waals surface area contributed by atoms with E-state index >= 15 is 4.39 Å². The van der Waals surface area contributed by atoms with E-state index in [1.54, 1.807) is 6.92 Å². The molecule has 0 aliphatic heterocycles. The Morgan fingerprint density at radius 1 is 1.03 bits per heavy atom. The molecule has 0 saturated heterocycles. The zero-order valence-electron chi connectivity index (χ0n) is 19.5. The van der Waals surface area contributed by atoms with Crippen LogP contribution in [0.25, 0.3) is 22.2 Å². The second kappa shape index (κ2) is 9.49. The van der Waals surface area contributed by atoms with E-state index < -0.39 is 40.9 Å². The smallest absolute Gasteiger partial charge is 0.417 e. The van der Waals surface area contributed by atoms with Crippen molar-refractivity contribution in [2.75, 3.05) is 7.11 Å². The number of hydrogen-bond acceptors (Lipinski definition) is 5. The molecule has 0 bridgehead atoms. The quantitative estimate of drug-likeness (QED) is 0.299. The maximum Gasteiger partial charge on any atom is 0.417 e. The molecule has 37 heavy (non-hydrogen) atoms. The summed E-state index contributed by atoms with van der Waals surface area (Å²) in [6, 6.07) is 10.7. The Kier molecular flexibility index (Phi) is 6.55. The SMILES string of the molecule is CCc1cccc(C(F)(F)F)c1C(=O)n1nc(-c2ccc(C(=O)OC)cc2F)c2ccc(C(N)=O)cc21. The first-order valence-electron chi connectivity index (χ1n) is 10.9. The number of carbonyl (C=O) groups is 3. The van der Waals surface area contributed by atoms with E-state index in [1.807, 2.05) is 0 Å². The Bertz CT molecular complexity index is 1570. The first-order valence-corrected chi connectivity index (χ1v) is 10.9. The summed E-state index contributed by atoms with van der Waals surface area (Å²) in [7, 11) is 1.13. The summed E-state index contributed by atoms with van der Waals surface area (Å²) < 4.78 is 61.9. The summed E-state index contributed by atoms with van der Waals surface area (Å²) in [4.78, 5) is 37.2. The van der Waals surface area contributed by atoms with Crippen molar-refractivity contribution < 1.29 is 36.7 Å². The number of ether oxygens (including phenoxy) is 1. The van der Waals surface area contributed by atoms with Crippen molar-refractivity contribution >= 4 is 28.7 Å². The monoisotopic (exact) mass is 513 g/mol. The van der Waals surface area contributed by atoms with Crippen LogP contribution in [0, 0.1) is 5.82 Å². The first kappa shape index (κ1) is 25.5. The molecule has 2 N–H and O–H groups in total. The summed E-state index contributed by atoms with van der Waals surface area (Å²) in [6.07, 6.45) is -4.72. The van der Waals surface area contributed by atoms with Gasteiger partial charge in [-0.15, -0.1) is 0 Å². The van der Waals surface area contributed by atoms with Crippen LogP contribution < -0.4 is 5.73 Å². The maximum absolute atomic E-state index is 15.1. The maximum atomic E-state index is 15.1. The molecular weight excluding hydrogens is 494 g/mol. The lowest BCUT2D eigenvalue weighted by Crippen LogP contribution is -2.22. The van der Waals surface area contributed by atoms with Crippen LogP contribution >= 0.6 is 0 Å². The van der Waals surface area contributed by atoms with Gasteiger partial charge in [-0.2, -0.15) is 23.0 Å². The fraction of sp³-hybridized carbons (Fsp3) is 0.154. The second-order valence-corrected chi connectivity index (χ2v) is 8.04. The van der Waals surface area contributed by atoms with Crippen LogP contribution in [0.15, 0.2) is 54.6 Å². The molecule has 0 spiro atoms. The van der Waals surface area contributed by atoms with Crippen molar-refractivity contribution in [3.8, 4) is 11.3 Å². The third-order valence-electron chi connectivity index (χ3n) is 5.85. The van der Waals surface area contributed by atoms with E-state index in [0.717, 1.165) is 19.2 Å². The van der Waals surface area contributed by atoms with Gasteiger partial charge in [0.15, 0.2) is 0 Å². The molecule has 1 amide bonds. The Morgan fingerprint density at radius 2 is 1.73 bits per heavy atom. The fourth-order valence-corrected chi connectivity index (χ4v) is 4.06. The molecule has 190 valence electrons. The second-order valence-electron chi connectivity index (χ2n) is 8.04. The predicted molar refractivity (Wildman–Crippen MR) is 126 cm³/mol. The zero-order valence-corrected chi connectivity index (χ0v) is 19.5. The number of primary amides is 1. The van der Waals surface area contributed by atoms with Gasteiger partial charge in [-0.1, -0.05) is 19.1 Å². The minimum absolute atomic E-state index is 0.0330. The number of carbonyl (C=O) groups excluding carboxylic acids is 3. The van der Waals surface area contributed by atoms with Crippen molar-refractivity contribution in [3.05, 3.63) is 88.2 Å². The highest BCUT2D eigenvalue weighted by Crippen LogP contribution is 2.36. The first-order chi connectivity index (χ1) is 17.5. The van der Waals surface area contributed by atoms with Crippen molar-refractivity contribution in [2.45, 2.75) is 19.5 Å². The number of fused-ring (bicyclic) bond motifs is 1. The van der Waals surface area contributed by atoms with Gasteiger partial charge in [0.1, 0.15) is 11.5 Å². The normalized spacial score (nSPS) is 11.5. The molecule has 3 aromatic carbocycles. The van der Waals surface area contributed by atoms with E-state index in [-0.39, 0.29) is 45.3 Å². The van der Waals surface area contributed by atoms with Crippen molar-refractivity contribution in [3.63, 3.8) is 0 Å². The molecule has 4 rings (SSSR count). The highest BCUT2D eigenvalue weighted by atomic mass is 19.4. The molecule has 7 nitrogen and oxygen atoms in total. The minimum atomic E-state index is -4.84. The molecule has 11 heteroatoms. The van der Waals surface area contributed by atoms with Gasteiger partial charge in [-0.3, -0.25) is 9.59 Å². The average Bonchev–Trinajstić information content (AvgIpc) is 3.25. The van der Waals surface area contributed by atoms with Gasteiger partial charge in [0.05, 0.1) is 29.3 Å². The van der Waals surface area contributed by atoms with Gasteiger partial charge >= 0.3 is 12.1 Å². The number of rotatable bonds is 5. The van der Waals surface area contributed by atoms with E-state index in [1.165, 1.54) is 42.5 Å². The van der Waals surface area contributed by atoms with E-state index in [2.05, 4.69) is 9.84 Å². The molecule has 0 saturated carbocycles. The summed E-state index contributed by atoms with van der Waals surface area (Å²) in [5.74, 6) is -3.62. The summed E-state index contributed by atoms with van der Waals surface area (Å²) >= 11 is 0. The molecular formula is C26H19F4N3O4. The number of aryl methyl sites for hydroxylation is 1.